The number of aromatic hydroxyl groups is 1. The van der Waals surface area contributed by atoms with Gasteiger partial charge in [-0.25, -0.2) is 0 Å². The molecule has 1 heterocycles. The number of primary amides is 1. The maximum absolute atomic E-state index is 14.3. The van der Waals surface area contributed by atoms with Gasteiger partial charge in [0.05, 0.1) is 19.3 Å². The highest BCUT2D eigenvalue weighted by Gasteiger charge is 2.47. The summed E-state index contributed by atoms with van der Waals surface area (Å²) in [5.74, 6) is -2.09. The van der Waals surface area contributed by atoms with E-state index >= 15 is 0 Å². The third-order valence-corrected chi connectivity index (χ3v) is 13.0. The van der Waals surface area contributed by atoms with Crippen LogP contribution in [0.2, 0.25) is 0 Å². The highest BCUT2D eigenvalue weighted by molar-refractivity contribution is 8.03. The van der Waals surface area contributed by atoms with Crippen molar-refractivity contribution in [2.75, 3.05) is 30.5 Å². The smallest absolute Gasteiger partial charge is 0.247 e. The molecule has 1 saturated heterocycles. The van der Waals surface area contributed by atoms with E-state index in [0.717, 1.165) is 33.6 Å². The van der Waals surface area contributed by atoms with Gasteiger partial charge in [0.2, 0.25) is 29.5 Å². The molecule has 20 heteroatoms. The number of aliphatic hydroxyl groups is 4. The molecule has 0 radical (unpaired) electrons. The molecule has 0 saturated carbocycles. The number of ether oxygens (including phenoxy) is 2. The Labute approximate surface area is 363 Å². The first kappa shape index (κ1) is 49.7. The van der Waals surface area contributed by atoms with Crippen molar-refractivity contribution in [3.63, 3.8) is 0 Å². The summed E-state index contributed by atoms with van der Waals surface area (Å²) >= 11 is 3.22. The van der Waals surface area contributed by atoms with Crippen molar-refractivity contribution >= 4 is 53.1 Å². The third kappa shape index (κ3) is 13.3. The highest BCUT2D eigenvalue weighted by Crippen LogP contribution is 2.31. The summed E-state index contributed by atoms with van der Waals surface area (Å²) in [6.45, 7) is 7.76. The van der Waals surface area contributed by atoms with Gasteiger partial charge in [0.15, 0.2) is 6.29 Å². The molecule has 18 nitrogen and oxygen atoms in total. The predicted octanol–water partition coefficient (Wildman–Crippen LogP) is -1.82. The number of fused-ring (bicyclic) bond motifs is 1. The van der Waals surface area contributed by atoms with Crippen LogP contribution < -0.4 is 32.7 Å². The molecule has 1 aliphatic carbocycles. The molecule has 0 spiro atoms. The van der Waals surface area contributed by atoms with Crippen molar-refractivity contribution in [2.45, 2.75) is 120 Å². The first-order chi connectivity index (χ1) is 28.8. The van der Waals surface area contributed by atoms with Gasteiger partial charge in [-0.05, 0) is 72.4 Å². The summed E-state index contributed by atoms with van der Waals surface area (Å²) < 4.78 is 10.7. The number of aliphatic hydroxyl groups excluding tert-OH is 4. The second kappa shape index (κ2) is 22.4. The molecule has 338 valence electrons. The quantitative estimate of drug-likeness (QED) is 0.0616. The minimum absolute atomic E-state index is 0.0592. The Morgan fingerprint density at radius 2 is 1.49 bits per heavy atom. The van der Waals surface area contributed by atoms with E-state index in [2.05, 4.69) is 35.1 Å². The molecule has 9 atom stereocenters. The average Bonchev–Trinajstić information content (AvgIpc) is 3.58. The van der Waals surface area contributed by atoms with Crippen LogP contribution in [0.1, 0.15) is 48.6 Å². The van der Waals surface area contributed by atoms with Crippen LogP contribution in [0, 0.1) is 13.8 Å². The molecule has 0 aromatic heterocycles. The number of aryl methyl sites for hydroxylation is 2. The summed E-state index contributed by atoms with van der Waals surface area (Å²) in [6.07, 6.45) is -7.78. The van der Waals surface area contributed by atoms with Crippen molar-refractivity contribution in [1.82, 2.24) is 21.3 Å². The van der Waals surface area contributed by atoms with Crippen LogP contribution in [0.25, 0.3) is 0 Å². The number of carbonyl (C=O) groups is 5. The number of phenols is 1. The first-order valence-electron chi connectivity index (χ1n) is 20.0. The van der Waals surface area contributed by atoms with Crippen molar-refractivity contribution < 1.29 is 59.0 Å². The molecule has 1 fully saturated rings. The minimum Gasteiger partial charge on any atom is -0.508 e. The highest BCUT2D eigenvalue weighted by atomic mass is 32.2. The van der Waals surface area contributed by atoms with Crippen LogP contribution in [0.5, 0.6) is 5.75 Å². The molecule has 4 rings (SSSR count). The molecule has 2 aliphatic rings. The molecule has 2 aromatic carbocycles. The van der Waals surface area contributed by atoms with Crippen LogP contribution in [-0.2, 0) is 52.7 Å². The van der Waals surface area contributed by atoms with Crippen molar-refractivity contribution in [2.24, 2.45) is 11.5 Å². The van der Waals surface area contributed by atoms with Gasteiger partial charge in [0, 0.05) is 30.1 Å². The van der Waals surface area contributed by atoms with Crippen LogP contribution in [0.3, 0.4) is 0 Å². The minimum atomic E-state index is -1.77. The zero-order valence-corrected chi connectivity index (χ0v) is 36.6. The predicted molar refractivity (Wildman–Crippen MR) is 229 cm³/mol. The Bertz CT molecular complexity index is 1820. The number of thioether (sulfide) groups is 2. The SMILES string of the molecule is Cc1cc(O)cc(C)c1CC(N)C(=O)NC(CSCCSC(C)C)C(=O)NC1(C(=O)NC(C)C(=O)NC(COC2OC(CO)C(O)C(O)C2O)C(N)=O)Cc2ccccc2C1. The molecular weight excluding hydrogens is 833 g/mol. The number of benzene rings is 2. The van der Waals surface area contributed by atoms with E-state index in [1.807, 2.05) is 26.0 Å². The van der Waals surface area contributed by atoms with Crippen molar-refractivity contribution in [3.8, 4) is 5.75 Å². The van der Waals surface area contributed by atoms with Crippen LogP contribution in [0.4, 0.5) is 0 Å². The van der Waals surface area contributed by atoms with Crippen molar-refractivity contribution in [3.05, 3.63) is 64.2 Å². The lowest BCUT2D eigenvalue weighted by Gasteiger charge is -2.39. The Hall–Kier alpha value is -3.99. The third-order valence-electron chi connectivity index (χ3n) is 10.6. The number of nitrogens with one attached hydrogen (secondary N) is 4. The fourth-order valence-electron chi connectivity index (χ4n) is 7.14. The van der Waals surface area contributed by atoms with Crippen LogP contribution >= 0.6 is 23.5 Å². The Balaban J connectivity index is 1.49. The molecule has 9 unspecified atom stereocenters. The number of hydrogen-bond donors (Lipinski definition) is 11. The molecule has 5 amide bonds. The number of rotatable bonds is 21. The molecule has 0 bridgehead atoms. The lowest BCUT2D eigenvalue weighted by atomic mass is 9.93. The first-order valence-corrected chi connectivity index (χ1v) is 22.2. The van der Waals surface area contributed by atoms with Gasteiger partial charge in [-0.1, -0.05) is 38.1 Å². The summed E-state index contributed by atoms with van der Waals surface area (Å²) in [7, 11) is 0. The van der Waals surface area contributed by atoms with Gasteiger partial charge in [0.1, 0.15) is 53.8 Å². The van der Waals surface area contributed by atoms with E-state index in [4.69, 9.17) is 20.9 Å². The maximum atomic E-state index is 14.3. The van der Waals surface area contributed by atoms with Gasteiger partial charge in [-0.2, -0.15) is 23.5 Å². The van der Waals surface area contributed by atoms with E-state index in [1.54, 1.807) is 36.0 Å². The lowest BCUT2D eigenvalue weighted by Crippen LogP contribution is -2.65. The number of carbonyl (C=O) groups excluding carboxylic acids is 5. The van der Waals surface area contributed by atoms with E-state index < -0.39 is 103 Å². The monoisotopic (exact) mass is 892 g/mol. The zero-order chi connectivity index (χ0) is 45.2. The molecule has 1 aliphatic heterocycles. The Morgan fingerprint density at radius 3 is 2.07 bits per heavy atom. The van der Waals surface area contributed by atoms with Gasteiger partial charge >= 0.3 is 0 Å². The fourth-order valence-corrected chi connectivity index (χ4v) is 9.11. The number of amides is 5. The van der Waals surface area contributed by atoms with E-state index in [0.29, 0.717) is 11.0 Å². The van der Waals surface area contributed by atoms with E-state index in [9.17, 15) is 49.5 Å². The second-order valence-corrected chi connectivity index (χ2v) is 18.6. The van der Waals surface area contributed by atoms with Crippen LogP contribution in [0.15, 0.2) is 36.4 Å². The molecule has 2 aromatic rings. The Kier molecular flexibility index (Phi) is 18.2. The fraction of sp³-hybridized carbons (Fsp3) is 0.585. The maximum Gasteiger partial charge on any atom is 0.247 e. The summed E-state index contributed by atoms with van der Waals surface area (Å²) in [4.78, 5) is 68.1. The number of hydrogen-bond acceptors (Lipinski definition) is 15. The normalized spacial score (nSPS) is 22.6. The van der Waals surface area contributed by atoms with Gasteiger partial charge in [-0.15, -0.1) is 0 Å². The number of phenolic OH excluding ortho intramolecular Hbond substituents is 1. The van der Waals surface area contributed by atoms with Gasteiger partial charge < -0.3 is 67.7 Å². The lowest BCUT2D eigenvalue weighted by molar-refractivity contribution is -0.301. The van der Waals surface area contributed by atoms with E-state index in [-0.39, 0.29) is 30.8 Å². The van der Waals surface area contributed by atoms with E-state index in [1.165, 1.54) is 18.7 Å². The topological polar surface area (TPSA) is 305 Å². The summed E-state index contributed by atoms with van der Waals surface area (Å²) in [6, 6.07) is 5.46. The largest absolute Gasteiger partial charge is 0.508 e. The summed E-state index contributed by atoms with van der Waals surface area (Å²) in [5, 5.41) is 61.0. The Morgan fingerprint density at radius 1 is 0.885 bits per heavy atom. The molecule has 13 N–H and O–H groups in total. The molecule has 61 heavy (non-hydrogen) atoms. The number of nitrogens with two attached hydrogens (primary N) is 2. The van der Waals surface area contributed by atoms with Gasteiger partial charge in [0.25, 0.3) is 0 Å². The average molecular weight is 893 g/mol. The second-order valence-electron chi connectivity index (χ2n) is 15.8. The summed E-state index contributed by atoms with van der Waals surface area (Å²) in [5.41, 5.74) is 14.2. The van der Waals surface area contributed by atoms with Crippen molar-refractivity contribution in [1.29, 1.82) is 0 Å². The van der Waals surface area contributed by atoms with Crippen LogP contribution in [-0.4, -0.2) is 151 Å². The standard InChI is InChI=1S/C41H60N6O12S2/c1-20(2)61-11-10-60-19-30(46-37(55)28(42)14-27-21(3)12-26(49)13-22(27)4)38(56)47-41(15-24-8-6-7-9-25(24)16-41)40(57)44-23(5)36(54)45-29(35(43)53)18-58-39-34(52)33(51)32(50)31(17-48)59-39/h6-9,12-13,20,23,28-34,39,48-52H,10-11,14-19,42H2,1-5H3,(H2,43,53)(H,44,57)(H,45,54)(H,46,55)(H,47,56). The van der Waals surface area contributed by atoms with Gasteiger partial charge in [-0.3, -0.25) is 24.0 Å². The molecular formula is C41H60N6O12S2. The zero-order valence-electron chi connectivity index (χ0n) is 35.0.